The Morgan fingerprint density at radius 1 is 1.16 bits per heavy atom. The zero-order valence-corrected chi connectivity index (χ0v) is 14.8. The number of nitrogens with zero attached hydrogens (tertiary/aromatic N) is 1. The van der Waals surface area contributed by atoms with E-state index in [1.165, 1.54) is 0 Å². The second-order valence-corrected chi connectivity index (χ2v) is 6.32. The highest BCUT2D eigenvalue weighted by atomic mass is 16.5. The summed E-state index contributed by atoms with van der Waals surface area (Å²) in [5.74, 6) is 0.588. The number of rotatable bonds is 4. The zero-order chi connectivity index (χ0) is 18.0. The Morgan fingerprint density at radius 2 is 1.88 bits per heavy atom. The molecule has 5 heteroatoms. The van der Waals surface area contributed by atoms with Crippen LogP contribution in [0.5, 0.6) is 5.75 Å². The summed E-state index contributed by atoms with van der Waals surface area (Å²) < 4.78 is 5.68. The van der Waals surface area contributed by atoms with Gasteiger partial charge in [-0.05, 0) is 55.2 Å². The van der Waals surface area contributed by atoms with Crippen molar-refractivity contribution in [1.82, 2.24) is 0 Å². The standard InChI is InChI=1S/C20H22N2O3/c1-13-5-4-6-14(2)20(13)25-12-19(24)21-17-7-8-18-16(11-17)9-10-22(18)15(3)23/h4-8,11H,9-10,12H2,1-3H3,(H,21,24). The summed E-state index contributed by atoms with van der Waals surface area (Å²) in [6.45, 7) is 6.14. The van der Waals surface area contributed by atoms with Crippen molar-refractivity contribution in [2.75, 3.05) is 23.4 Å². The van der Waals surface area contributed by atoms with Gasteiger partial charge in [0.25, 0.3) is 5.91 Å². The highest BCUT2D eigenvalue weighted by Crippen LogP contribution is 2.30. The molecule has 2 aromatic carbocycles. The summed E-state index contributed by atoms with van der Waals surface area (Å²) >= 11 is 0. The van der Waals surface area contributed by atoms with E-state index in [4.69, 9.17) is 4.74 Å². The molecule has 0 aliphatic carbocycles. The number of nitrogens with one attached hydrogen (secondary N) is 1. The quantitative estimate of drug-likeness (QED) is 0.931. The molecule has 0 radical (unpaired) electrons. The van der Waals surface area contributed by atoms with Gasteiger partial charge in [0.05, 0.1) is 0 Å². The number of carbonyl (C=O) groups is 2. The van der Waals surface area contributed by atoms with Crippen LogP contribution < -0.4 is 15.0 Å². The highest BCUT2D eigenvalue weighted by molar-refractivity contribution is 5.96. The van der Waals surface area contributed by atoms with Gasteiger partial charge in [0, 0.05) is 24.8 Å². The molecule has 1 N–H and O–H groups in total. The summed E-state index contributed by atoms with van der Waals surface area (Å²) in [5, 5.41) is 2.86. The summed E-state index contributed by atoms with van der Waals surface area (Å²) in [6, 6.07) is 11.5. The topological polar surface area (TPSA) is 58.6 Å². The first-order valence-corrected chi connectivity index (χ1v) is 8.35. The predicted molar refractivity (Wildman–Crippen MR) is 98.2 cm³/mol. The fourth-order valence-electron chi connectivity index (χ4n) is 3.17. The molecule has 2 amide bonds. The third-order valence-electron chi connectivity index (χ3n) is 4.40. The Balaban J connectivity index is 1.63. The SMILES string of the molecule is CC(=O)N1CCc2cc(NC(=O)COc3c(C)cccc3C)ccc21. The van der Waals surface area contributed by atoms with Crippen molar-refractivity contribution in [3.05, 3.63) is 53.1 Å². The van der Waals surface area contributed by atoms with Crippen LogP contribution >= 0.6 is 0 Å². The second-order valence-electron chi connectivity index (χ2n) is 6.32. The molecule has 0 aromatic heterocycles. The summed E-state index contributed by atoms with van der Waals surface area (Å²) in [5.41, 5.74) is 4.74. The van der Waals surface area contributed by atoms with Crippen molar-refractivity contribution in [3.8, 4) is 5.75 Å². The van der Waals surface area contributed by atoms with Crippen molar-refractivity contribution in [2.45, 2.75) is 27.2 Å². The number of carbonyl (C=O) groups excluding carboxylic acids is 2. The number of amides is 2. The Kier molecular flexibility index (Phi) is 4.74. The van der Waals surface area contributed by atoms with Crippen LogP contribution in [0.3, 0.4) is 0 Å². The number of hydrogen-bond acceptors (Lipinski definition) is 3. The van der Waals surface area contributed by atoms with Gasteiger partial charge in [0.1, 0.15) is 5.75 Å². The second kappa shape index (κ2) is 6.97. The van der Waals surface area contributed by atoms with Gasteiger partial charge in [0.2, 0.25) is 5.91 Å². The summed E-state index contributed by atoms with van der Waals surface area (Å²) in [7, 11) is 0. The number of benzene rings is 2. The van der Waals surface area contributed by atoms with E-state index in [1.807, 2.05) is 50.2 Å². The molecule has 25 heavy (non-hydrogen) atoms. The minimum absolute atomic E-state index is 0.0393. The van der Waals surface area contributed by atoms with Gasteiger partial charge in [0.15, 0.2) is 6.61 Å². The van der Waals surface area contributed by atoms with E-state index in [0.29, 0.717) is 6.54 Å². The van der Waals surface area contributed by atoms with Gasteiger partial charge in [-0.1, -0.05) is 18.2 Å². The molecule has 5 nitrogen and oxygen atoms in total. The van der Waals surface area contributed by atoms with Crippen molar-refractivity contribution in [3.63, 3.8) is 0 Å². The summed E-state index contributed by atoms with van der Waals surface area (Å²) in [6.07, 6.45) is 0.803. The molecule has 1 aliphatic heterocycles. The molecule has 0 unspecified atom stereocenters. The molecular formula is C20H22N2O3. The van der Waals surface area contributed by atoms with Crippen molar-refractivity contribution < 1.29 is 14.3 Å². The van der Waals surface area contributed by atoms with E-state index in [1.54, 1.807) is 11.8 Å². The highest BCUT2D eigenvalue weighted by Gasteiger charge is 2.22. The molecule has 1 heterocycles. The van der Waals surface area contributed by atoms with Crippen LogP contribution in [0.25, 0.3) is 0 Å². The molecule has 0 spiro atoms. The van der Waals surface area contributed by atoms with Crippen LogP contribution in [0.4, 0.5) is 11.4 Å². The van der Waals surface area contributed by atoms with E-state index < -0.39 is 0 Å². The van der Waals surface area contributed by atoms with E-state index in [9.17, 15) is 9.59 Å². The minimum atomic E-state index is -0.205. The summed E-state index contributed by atoms with van der Waals surface area (Å²) in [4.78, 5) is 25.5. The van der Waals surface area contributed by atoms with Crippen LogP contribution in [-0.4, -0.2) is 25.0 Å². The van der Waals surface area contributed by atoms with E-state index >= 15 is 0 Å². The number of anilines is 2. The van der Waals surface area contributed by atoms with Crippen molar-refractivity contribution in [2.24, 2.45) is 0 Å². The lowest BCUT2D eigenvalue weighted by Crippen LogP contribution is -2.25. The van der Waals surface area contributed by atoms with Crippen molar-refractivity contribution in [1.29, 1.82) is 0 Å². The van der Waals surface area contributed by atoms with Gasteiger partial charge in [-0.25, -0.2) is 0 Å². The molecule has 0 fully saturated rings. The van der Waals surface area contributed by atoms with Gasteiger partial charge in [-0.2, -0.15) is 0 Å². The fraction of sp³-hybridized carbons (Fsp3) is 0.300. The number of hydrogen-bond donors (Lipinski definition) is 1. The third-order valence-corrected chi connectivity index (χ3v) is 4.40. The van der Waals surface area contributed by atoms with Gasteiger partial charge < -0.3 is 15.0 Å². The molecule has 0 saturated carbocycles. The number of aryl methyl sites for hydroxylation is 2. The maximum absolute atomic E-state index is 12.2. The Labute approximate surface area is 147 Å². The van der Waals surface area contributed by atoms with Gasteiger partial charge in [-0.3, -0.25) is 9.59 Å². The molecule has 0 bridgehead atoms. The van der Waals surface area contributed by atoms with E-state index in [2.05, 4.69) is 5.32 Å². The molecule has 2 aromatic rings. The average Bonchev–Trinajstić information content (AvgIpc) is 2.97. The Hall–Kier alpha value is -2.82. The average molecular weight is 338 g/mol. The largest absolute Gasteiger partial charge is 0.483 e. The third kappa shape index (κ3) is 3.65. The molecule has 130 valence electrons. The lowest BCUT2D eigenvalue weighted by Gasteiger charge is -2.15. The van der Waals surface area contributed by atoms with Crippen molar-refractivity contribution >= 4 is 23.2 Å². The van der Waals surface area contributed by atoms with Gasteiger partial charge >= 0.3 is 0 Å². The smallest absolute Gasteiger partial charge is 0.262 e. The Bertz CT molecular complexity index is 809. The van der Waals surface area contributed by atoms with Crippen LogP contribution in [0.15, 0.2) is 36.4 Å². The fourth-order valence-corrected chi connectivity index (χ4v) is 3.17. The first-order chi connectivity index (χ1) is 12.0. The monoisotopic (exact) mass is 338 g/mol. The maximum Gasteiger partial charge on any atom is 0.262 e. The Morgan fingerprint density at radius 3 is 2.56 bits per heavy atom. The van der Waals surface area contributed by atoms with Gasteiger partial charge in [-0.15, -0.1) is 0 Å². The maximum atomic E-state index is 12.2. The molecule has 3 rings (SSSR count). The van der Waals surface area contributed by atoms with E-state index in [0.717, 1.165) is 40.2 Å². The zero-order valence-electron chi connectivity index (χ0n) is 14.8. The van der Waals surface area contributed by atoms with Crippen LogP contribution in [-0.2, 0) is 16.0 Å². The number of ether oxygens (including phenoxy) is 1. The minimum Gasteiger partial charge on any atom is -0.483 e. The molecule has 0 saturated heterocycles. The molecule has 1 aliphatic rings. The lowest BCUT2D eigenvalue weighted by molar-refractivity contribution is -0.118. The molecular weight excluding hydrogens is 316 g/mol. The van der Waals surface area contributed by atoms with Crippen LogP contribution in [0.2, 0.25) is 0 Å². The first-order valence-electron chi connectivity index (χ1n) is 8.35. The van der Waals surface area contributed by atoms with Crippen LogP contribution in [0, 0.1) is 13.8 Å². The van der Waals surface area contributed by atoms with Crippen LogP contribution in [0.1, 0.15) is 23.6 Å². The normalized spacial score (nSPS) is 12.7. The number of fused-ring (bicyclic) bond motifs is 1. The van der Waals surface area contributed by atoms with E-state index in [-0.39, 0.29) is 18.4 Å². The lowest BCUT2D eigenvalue weighted by atomic mass is 10.1. The molecule has 0 atom stereocenters. The first kappa shape index (κ1) is 17.0. The predicted octanol–water partition coefficient (Wildman–Crippen LogP) is 3.23. The number of para-hydroxylation sites is 1.